The van der Waals surface area contributed by atoms with E-state index in [-0.39, 0.29) is 18.7 Å². The highest BCUT2D eigenvalue weighted by molar-refractivity contribution is 5.96. The summed E-state index contributed by atoms with van der Waals surface area (Å²) in [4.78, 5) is 31.9. The van der Waals surface area contributed by atoms with Crippen molar-refractivity contribution < 1.29 is 27.5 Å². The summed E-state index contributed by atoms with van der Waals surface area (Å²) in [5, 5.41) is 0. The van der Waals surface area contributed by atoms with Crippen LogP contribution in [0.1, 0.15) is 34.0 Å². The molecule has 0 atom stereocenters. The van der Waals surface area contributed by atoms with E-state index in [2.05, 4.69) is 16.8 Å². The maximum Gasteiger partial charge on any atom is 0.417 e. The fourth-order valence-electron chi connectivity index (χ4n) is 3.83. The largest absolute Gasteiger partial charge is 0.425 e. The highest BCUT2D eigenvalue weighted by Gasteiger charge is 2.36. The first kappa shape index (κ1) is 24.8. The lowest BCUT2D eigenvalue weighted by molar-refractivity contribution is -0.138. The number of rotatable bonds is 3. The molecule has 184 valence electrons. The zero-order chi connectivity index (χ0) is 25.7. The molecule has 1 amide bonds. The van der Waals surface area contributed by atoms with Gasteiger partial charge in [0.1, 0.15) is 11.6 Å². The predicted octanol–water partition coefficient (Wildman–Crippen LogP) is 4.39. The highest BCUT2D eigenvalue weighted by Crippen LogP contribution is 2.32. The average molecular weight is 493 g/mol. The monoisotopic (exact) mass is 493 g/mol. The number of anilines is 1. The van der Waals surface area contributed by atoms with Gasteiger partial charge in [0, 0.05) is 44.9 Å². The van der Waals surface area contributed by atoms with E-state index in [1.54, 1.807) is 42.6 Å². The van der Waals surface area contributed by atoms with Crippen LogP contribution in [0.2, 0.25) is 0 Å². The Balaban J connectivity index is 1.40. The molecule has 2 heterocycles. The lowest BCUT2D eigenvalue weighted by Crippen LogP contribution is -2.49. The number of nitrogens with zero attached hydrogens (tertiary/aromatic N) is 3. The topological polar surface area (TPSA) is 62.7 Å². The maximum absolute atomic E-state index is 13.3. The summed E-state index contributed by atoms with van der Waals surface area (Å²) in [5.74, 6) is 5.98. The average Bonchev–Trinajstić information content (AvgIpc) is 2.87. The van der Waals surface area contributed by atoms with Gasteiger partial charge in [0.15, 0.2) is 0 Å². The van der Waals surface area contributed by atoms with Crippen molar-refractivity contribution in [3.8, 4) is 17.6 Å². The molecule has 0 saturated carbocycles. The molecule has 0 bridgehead atoms. The Hall–Kier alpha value is -4.32. The number of para-hydroxylation sites is 1. The fourth-order valence-corrected chi connectivity index (χ4v) is 3.83. The minimum absolute atomic E-state index is 0.279. The van der Waals surface area contributed by atoms with E-state index in [1.807, 2.05) is 4.90 Å². The number of amides is 1. The number of carbonyl (C=O) groups is 2. The van der Waals surface area contributed by atoms with Crippen LogP contribution in [-0.4, -0.2) is 47.9 Å². The summed E-state index contributed by atoms with van der Waals surface area (Å²) in [6.45, 7) is 2.76. The molecule has 3 aromatic rings. The molecular formula is C27H22F3N3O3. The molecule has 36 heavy (non-hydrogen) atoms. The third kappa shape index (κ3) is 5.84. The molecule has 0 N–H and O–H groups in total. The maximum atomic E-state index is 13.3. The Labute approximate surface area is 206 Å². The van der Waals surface area contributed by atoms with Crippen LogP contribution in [0.25, 0.3) is 0 Å². The number of aromatic nitrogens is 1. The fraction of sp³-hybridized carbons (Fsp3) is 0.222. The van der Waals surface area contributed by atoms with E-state index in [9.17, 15) is 22.8 Å². The van der Waals surface area contributed by atoms with Crippen LogP contribution in [0, 0.1) is 11.8 Å². The van der Waals surface area contributed by atoms with Crippen molar-refractivity contribution in [1.29, 1.82) is 0 Å². The number of carbonyl (C=O) groups excluding carboxylic acids is 2. The van der Waals surface area contributed by atoms with Crippen LogP contribution in [0.4, 0.5) is 19.0 Å². The molecule has 6 nitrogen and oxygen atoms in total. The molecule has 0 spiro atoms. The van der Waals surface area contributed by atoms with Crippen LogP contribution in [0.3, 0.4) is 0 Å². The third-order valence-electron chi connectivity index (χ3n) is 5.58. The molecule has 0 radical (unpaired) electrons. The van der Waals surface area contributed by atoms with Crippen LogP contribution < -0.4 is 9.64 Å². The molecule has 4 rings (SSSR count). The van der Waals surface area contributed by atoms with Crippen molar-refractivity contribution in [2.24, 2.45) is 0 Å². The standard InChI is InChI=1S/C27H22F3N3O3/c1-19(34)36-24-9-5-2-6-21(24)12-10-20-11-13-25(31-18-20)32-14-16-33(17-15-32)26(35)22-7-3-4-8-23(22)27(28,29)30/h2-9,11,13,18H,14-17H2,1H3. The van der Waals surface area contributed by atoms with Crippen molar-refractivity contribution >= 4 is 17.7 Å². The van der Waals surface area contributed by atoms with Gasteiger partial charge in [0.2, 0.25) is 0 Å². The van der Waals surface area contributed by atoms with Crippen LogP contribution in [0.5, 0.6) is 5.75 Å². The Morgan fingerprint density at radius 2 is 1.61 bits per heavy atom. The predicted molar refractivity (Wildman–Crippen MR) is 128 cm³/mol. The Morgan fingerprint density at radius 3 is 2.28 bits per heavy atom. The van der Waals surface area contributed by atoms with Gasteiger partial charge in [-0.15, -0.1) is 0 Å². The minimum Gasteiger partial charge on any atom is -0.425 e. The number of pyridine rings is 1. The number of alkyl halides is 3. The van der Waals surface area contributed by atoms with Crippen molar-refractivity contribution in [3.63, 3.8) is 0 Å². The summed E-state index contributed by atoms with van der Waals surface area (Å²) in [7, 11) is 0. The van der Waals surface area contributed by atoms with E-state index in [0.29, 0.717) is 35.8 Å². The van der Waals surface area contributed by atoms with Crippen LogP contribution in [-0.2, 0) is 11.0 Å². The second-order valence-electron chi connectivity index (χ2n) is 8.07. The summed E-state index contributed by atoms with van der Waals surface area (Å²) < 4.78 is 45.1. The molecule has 0 unspecified atom stereocenters. The van der Waals surface area contributed by atoms with E-state index in [0.717, 1.165) is 6.07 Å². The molecular weight excluding hydrogens is 471 g/mol. The van der Waals surface area contributed by atoms with Gasteiger partial charge < -0.3 is 14.5 Å². The number of esters is 1. The van der Waals surface area contributed by atoms with Gasteiger partial charge >= 0.3 is 12.1 Å². The quantitative estimate of drug-likeness (QED) is 0.308. The molecule has 1 fully saturated rings. The van der Waals surface area contributed by atoms with Crippen LogP contribution in [0.15, 0.2) is 66.9 Å². The van der Waals surface area contributed by atoms with Gasteiger partial charge in [-0.2, -0.15) is 13.2 Å². The van der Waals surface area contributed by atoms with Gasteiger partial charge in [0.25, 0.3) is 5.91 Å². The second-order valence-corrected chi connectivity index (χ2v) is 8.07. The molecule has 1 aliphatic heterocycles. The van der Waals surface area contributed by atoms with Crippen LogP contribution >= 0.6 is 0 Å². The normalized spacial score (nSPS) is 13.6. The molecule has 0 aliphatic carbocycles. The summed E-state index contributed by atoms with van der Waals surface area (Å²) in [5.41, 5.74) is -0.0281. The van der Waals surface area contributed by atoms with Crippen molar-refractivity contribution in [2.45, 2.75) is 13.1 Å². The Morgan fingerprint density at radius 1 is 0.917 bits per heavy atom. The van der Waals surface area contributed by atoms with Gasteiger partial charge in [-0.05, 0) is 36.4 Å². The molecule has 1 aliphatic rings. The zero-order valence-corrected chi connectivity index (χ0v) is 19.4. The third-order valence-corrected chi connectivity index (χ3v) is 5.58. The molecule has 2 aromatic carbocycles. The number of ether oxygens (including phenoxy) is 1. The first-order valence-corrected chi connectivity index (χ1v) is 11.2. The van der Waals surface area contributed by atoms with Crippen molar-refractivity contribution in [1.82, 2.24) is 9.88 Å². The van der Waals surface area contributed by atoms with E-state index in [4.69, 9.17) is 4.74 Å². The van der Waals surface area contributed by atoms with E-state index >= 15 is 0 Å². The van der Waals surface area contributed by atoms with Crippen molar-refractivity contribution in [2.75, 3.05) is 31.1 Å². The lowest BCUT2D eigenvalue weighted by Gasteiger charge is -2.35. The van der Waals surface area contributed by atoms with Crippen molar-refractivity contribution in [3.05, 3.63) is 89.1 Å². The van der Waals surface area contributed by atoms with E-state index in [1.165, 1.54) is 30.0 Å². The van der Waals surface area contributed by atoms with Gasteiger partial charge in [0.05, 0.1) is 16.7 Å². The number of hydrogen-bond acceptors (Lipinski definition) is 5. The number of piperazine rings is 1. The first-order valence-electron chi connectivity index (χ1n) is 11.2. The number of hydrogen-bond donors (Lipinski definition) is 0. The second kappa shape index (κ2) is 10.5. The summed E-state index contributed by atoms with van der Waals surface area (Å²) in [6, 6.07) is 15.4. The van der Waals surface area contributed by atoms with Gasteiger partial charge in [-0.1, -0.05) is 36.1 Å². The zero-order valence-electron chi connectivity index (χ0n) is 19.4. The SMILES string of the molecule is CC(=O)Oc1ccccc1C#Cc1ccc(N2CCN(C(=O)c3ccccc3C(F)(F)F)CC2)nc1. The summed E-state index contributed by atoms with van der Waals surface area (Å²) >= 11 is 0. The van der Waals surface area contributed by atoms with Gasteiger partial charge in [-0.25, -0.2) is 4.98 Å². The summed E-state index contributed by atoms with van der Waals surface area (Å²) in [6.07, 6.45) is -2.97. The Kier molecular flexibility index (Phi) is 7.25. The van der Waals surface area contributed by atoms with Gasteiger partial charge in [-0.3, -0.25) is 9.59 Å². The molecule has 1 aromatic heterocycles. The Bertz CT molecular complexity index is 1320. The number of benzene rings is 2. The number of halogens is 3. The first-order chi connectivity index (χ1) is 17.2. The molecule has 9 heteroatoms. The smallest absolute Gasteiger partial charge is 0.417 e. The van der Waals surface area contributed by atoms with E-state index < -0.39 is 23.6 Å². The molecule has 1 saturated heterocycles. The minimum atomic E-state index is -4.59. The lowest BCUT2D eigenvalue weighted by atomic mass is 10.1. The highest BCUT2D eigenvalue weighted by atomic mass is 19.4.